The molecule has 3 rings (SSSR count). The van der Waals surface area contributed by atoms with Gasteiger partial charge in [-0.2, -0.15) is 5.10 Å². The number of hydrogen-bond acceptors (Lipinski definition) is 4. The molecule has 0 amide bonds. The van der Waals surface area contributed by atoms with E-state index in [4.69, 9.17) is 21.1 Å². The van der Waals surface area contributed by atoms with E-state index in [9.17, 15) is 22.0 Å². The van der Waals surface area contributed by atoms with Crippen LogP contribution in [0, 0.1) is 29.1 Å². The van der Waals surface area contributed by atoms with Gasteiger partial charge in [0.25, 0.3) is 0 Å². The lowest BCUT2D eigenvalue weighted by molar-refractivity contribution is 0.284. The molecule has 0 fully saturated rings. The molecule has 0 heterocycles. The van der Waals surface area contributed by atoms with Crippen molar-refractivity contribution in [2.75, 3.05) is 12.5 Å². The van der Waals surface area contributed by atoms with Crippen molar-refractivity contribution >= 4 is 23.5 Å². The second-order valence-electron chi connectivity index (χ2n) is 6.14. The van der Waals surface area contributed by atoms with Crippen molar-refractivity contribution in [3.63, 3.8) is 0 Å². The Morgan fingerprint density at radius 1 is 0.871 bits per heavy atom. The summed E-state index contributed by atoms with van der Waals surface area (Å²) in [5, 5.41) is 4.13. The fourth-order valence-corrected chi connectivity index (χ4v) is 2.63. The summed E-state index contributed by atoms with van der Waals surface area (Å²) in [5.74, 6) is -9.66. The SMILES string of the molecule is COc1cc(C=NNc2c(F)c(F)c(F)c(F)c2F)ccc1OCc1ccc(Cl)cc1. The van der Waals surface area contributed by atoms with E-state index in [0.29, 0.717) is 22.1 Å². The van der Waals surface area contributed by atoms with Gasteiger partial charge in [-0.05, 0) is 41.5 Å². The Morgan fingerprint density at radius 2 is 1.48 bits per heavy atom. The lowest BCUT2D eigenvalue weighted by Crippen LogP contribution is -2.06. The van der Waals surface area contributed by atoms with Gasteiger partial charge in [0.2, 0.25) is 5.82 Å². The van der Waals surface area contributed by atoms with Crippen molar-refractivity contribution in [2.45, 2.75) is 6.61 Å². The number of hydrogen-bond donors (Lipinski definition) is 1. The van der Waals surface area contributed by atoms with Crippen LogP contribution >= 0.6 is 11.6 Å². The molecule has 0 unspecified atom stereocenters. The van der Waals surface area contributed by atoms with Crippen molar-refractivity contribution in [1.82, 2.24) is 0 Å². The van der Waals surface area contributed by atoms with Gasteiger partial charge in [0.1, 0.15) is 12.3 Å². The first-order chi connectivity index (χ1) is 14.8. The summed E-state index contributed by atoms with van der Waals surface area (Å²) in [7, 11) is 1.42. The normalized spacial score (nSPS) is 11.1. The van der Waals surface area contributed by atoms with Crippen LogP contribution in [0.15, 0.2) is 47.6 Å². The number of ether oxygens (including phenoxy) is 2. The molecule has 0 aromatic heterocycles. The average molecular weight is 457 g/mol. The molecule has 0 bridgehead atoms. The van der Waals surface area contributed by atoms with Gasteiger partial charge in [-0.15, -0.1) is 0 Å². The maximum absolute atomic E-state index is 13.6. The van der Waals surface area contributed by atoms with Gasteiger partial charge >= 0.3 is 0 Å². The number of anilines is 1. The van der Waals surface area contributed by atoms with Gasteiger partial charge in [0.15, 0.2) is 34.8 Å². The monoisotopic (exact) mass is 456 g/mol. The third-order valence-electron chi connectivity index (χ3n) is 4.10. The van der Waals surface area contributed by atoms with Crippen molar-refractivity contribution in [2.24, 2.45) is 5.10 Å². The molecule has 0 aliphatic heterocycles. The Bertz CT molecular complexity index is 1090. The second kappa shape index (κ2) is 9.65. The predicted molar refractivity (Wildman–Crippen MR) is 106 cm³/mol. The molecule has 0 saturated carbocycles. The summed E-state index contributed by atoms with van der Waals surface area (Å²) < 4.78 is 77.8. The van der Waals surface area contributed by atoms with E-state index < -0.39 is 34.8 Å². The maximum Gasteiger partial charge on any atom is 0.200 e. The second-order valence-corrected chi connectivity index (χ2v) is 6.58. The molecule has 0 radical (unpaired) electrons. The summed E-state index contributed by atoms with van der Waals surface area (Å²) in [4.78, 5) is 0. The summed E-state index contributed by atoms with van der Waals surface area (Å²) in [6, 6.07) is 11.7. The zero-order valence-corrected chi connectivity index (χ0v) is 16.6. The van der Waals surface area contributed by atoms with E-state index in [2.05, 4.69) is 5.10 Å². The predicted octanol–water partition coefficient (Wildman–Crippen LogP) is 6.07. The van der Waals surface area contributed by atoms with Crippen molar-refractivity contribution < 1.29 is 31.4 Å². The molecule has 1 N–H and O–H groups in total. The Hall–Kier alpha value is -3.33. The minimum Gasteiger partial charge on any atom is -0.493 e. The summed E-state index contributed by atoms with van der Waals surface area (Å²) in [6.07, 6.45) is 1.11. The molecule has 3 aromatic carbocycles. The highest BCUT2D eigenvalue weighted by molar-refractivity contribution is 6.30. The van der Waals surface area contributed by atoms with E-state index in [0.717, 1.165) is 11.8 Å². The number of nitrogens with one attached hydrogen (secondary N) is 1. The molecule has 0 atom stereocenters. The molecule has 4 nitrogen and oxygen atoms in total. The number of rotatable bonds is 7. The highest BCUT2D eigenvalue weighted by Crippen LogP contribution is 2.29. The lowest BCUT2D eigenvalue weighted by atomic mass is 10.2. The van der Waals surface area contributed by atoms with Crippen LogP contribution in [0.2, 0.25) is 5.02 Å². The van der Waals surface area contributed by atoms with E-state index in [1.165, 1.54) is 13.2 Å². The van der Waals surface area contributed by atoms with E-state index in [1.54, 1.807) is 36.4 Å². The van der Waals surface area contributed by atoms with Gasteiger partial charge in [0, 0.05) is 5.02 Å². The smallest absolute Gasteiger partial charge is 0.200 e. The standard InChI is InChI=1S/C21H14ClF5N2O2/c1-30-15-8-12(4-7-14(15)31-10-11-2-5-13(22)6-3-11)9-28-29-21-19(26)17(24)16(23)18(25)20(21)27/h2-9,29H,10H2,1H3. The maximum atomic E-state index is 13.6. The first kappa shape index (κ1) is 22.4. The first-order valence-electron chi connectivity index (χ1n) is 8.67. The van der Waals surface area contributed by atoms with Crippen LogP contribution in [-0.2, 0) is 6.61 Å². The van der Waals surface area contributed by atoms with Crippen LogP contribution in [-0.4, -0.2) is 13.3 Å². The van der Waals surface area contributed by atoms with E-state index in [-0.39, 0.29) is 6.61 Å². The third-order valence-corrected chi connectivity index (χ3v) is 4.35. The number of methoxy groups -OCH3 is 1. The molecule has 0 spiro atoms. The minimum absolute atomic E-state index is 0.253. The molecule has 0 saturated heterocycles. The van der Waals surface area contributed by atoms with E-state index in [1.807, 2.05) is 5.43 Å². The lowest BCUT2D eigenvalue weighted by Gasteiger charge is -2.11. The number of halogens is 6. The van der Waals surface area contributed by atoms with Gasteiger partial charge in [-0.1, -0.05) is 23.7 Å². The molecule has 31 heavy (non-hydrogen) atoms. The molecule has 0 aliphatic carbocycles. The molecule has 3 aromatic rings. The molecule has 162 valence electrons. The molecule has 10 heteroatoms. The van der Waals surface area contributed by atoms with Crippen LogP contribution in [0.5, 0.6) is 11.5 Å². The van der Waals surface area contributed by atoms with Crippen LogP contribution in [0.1, 0.15) is 11.1 Å². The highest BCUT2D eigenvalue weighted by Gasteiger charge is 2.25. The van der Waals surface area contributed by atoms with Gasteiger partial charge in [0.05, 0.1) is 13.3 Å². The van der Waals surface area contributed by atoms with Crippen molar-refractivity contribution in [3.8, 4) is 11.5 Å². The molecular weight excluding hydrogens is 443 g/mol. The van der Waals surface area contributed by atoms with Gasteiger partial charge < -0.3 is 9.47 Å². The molecular formula is C21H14ClF5N2O2. The summed E-state index contributed by atoms with van der Waals surface area (Å²) in [6.45, 7) is 0.253. The fraction of sp³-hybridized carbons (Fsp3) is 0.0952. The molecule has 0 aliphatic rings. The van der Waals surface area contributed by atoms with Crippen LogP contribution in [0.4, 0.5) is 27.6 Å². The Kier molecular flexibility index (Phi) is 6.96. The third kappa shape index (κ3) is 5.05. The Morgan fingerprint density at radius 3 is 2.10 bits per heavy atom. The summed E-state index contributed by atoms with van der Waals surface area (Å²) in [5.41, 5.74) is 1.86. The minimum atomic E-state index is -2.25. The van der Waals surface area contributed by atoms with Crippen LogP contribution in [0.3, 0.4) is 0 Å². The van der Waals surface area contributed by atoms with E-state index >= 15 is 0 Å². The van der Waals surface area contributed by atoms with Crippen LogP contribution < -0.4 is 14.9 Å². The Balaban J connectivity index is 1.73. The quantitative estimate of drug-likeness (QED) is 0.154. The zero-order valence-electron chi connectivity index (χ0n) is 15.9. The van der Waals surface area contributed by atoms with Gasteiger partial charge in [-0.25, -0.2) is 22.0 Å². The van der Waals surface area contributed by atoms with Crippen LogP contribution in [0.25, 0.3) is 0 Å². The number of benzene rings is 3. The van der Waals surface area contributed by atoms with Crippen molar-refractivity contribution in [3.05, 3.63) is 87.7 Å². The number of hydrazone groups is 1. The topological polar surface area (TPSA) is 42.8 Å². The zero-order chi connectivity index (χ0) is 22.5. The van der Waals surface area contributed by atoms with Crippen molar-refractivity contribution in [1.29, 1.82) is 0 Å². The van der Waals surface area contributed by atoms with Gasteiger partial charge in [-0.3, -0.25) is 5.43 Å². The number of nitrogens with zero attached hydrogens (tertiary/aromatic N) is 1. The Labute approximate surface area is 178 Å². The average Bonchev–Trinajstić information content (AvgIpc) is 2.78. The fourth-order valence-electron chi connectivity index (χ4n) is 2.50. The first-order valence-corrected chi connectivity index (χ1v) is 9.05. The highest BCUT2D eigenvalue weighted by atomic mass is 35.5. The summed E-state index contributed by atoms with van der Waals surface area (Å²) >= 11 is 5.84. The largest absolute Gasteiger partial charge is 0.493 e.